The van der Waals surface area contributed by atoms with E-state index < -0.39 is 0 Å². The van der Waals surface area contributed by atoms with Crippen molar-refractivity contribution < 1.29 is 0 Å². The molecule has 0 unspecified atom stereocenters. The fourth-order valence-electron chi connectivity index (χ4n) is 2.00. The summed E-state index contributed by atoms with van der Waals surface area (Å²) in [7, 11) is 0. The summed E-state index contributed by atoms with van der Waals surface area (Å²) in [5, 5.41) is 3.09. The smallest absolute Gasteiger partial charge is 0.271 e. The van der Waals surface area contributed by atoms with Gasteiger partial charge in [0.1, 0.15) is 5.82 Å². The Hall–Kier alpha value is -1.58. The van der Waals surface area contributed by atoms with E-state index in [0.29, 0.717) is 5.92 Å². The number of hydrogen-bond donors (Lipinski definition) is 1. The Labute approximate surface area is 86.9 Å². The second-order valence-corrected chi connectivity index (χ2v) is 4.30. The van der Waals surface area contributed by atoms with Crippen LogP contribution < -0.4 is 5.56 Å². The van der Waals surface area contributed by atoms with Crippen molar-refractivity contribution in [3.05, 3.63) is 33.9 Å². The summed E-state index contributed by atoms with van der Waals surface area (Å²) in [6, 6.07) is 3.55. The fourth-order valence-corrected chi connectivity index (χ4v) is 2.00. The quantitative estimate of drug-likeness (QED) is 0.765. The van der Waals surface area contributed by atoms with E-state index in [4.69, 9.17) is 0 Å². The molecule has 2 heterocycles. The maximum absolute atomic E-state index is 11.6. The van der Waals surface area contributed by atoms with Gasteiger partial charge < -0.3 is 0 Å². The number of hydrogen-bond acceptors (Lipinski definition) is 2. The highest BCUT2D eigenvalue weighted by atomic mass is 16.1. The largest absolute Gasteiger partial charge is 0.276 e. The molecule has 0 amide bonds. The maximum atomic E-state index is 11.6. The van der Waals surface area contributed by atoms with Gasteiger partial charge in [0.05, 0.1) is 0 Å². The lowest BCUT2D eigenvalue weighted by Crippen LogP contribution is -2.14. The summed E-state index contributed by atoms with van der Waals surface area (Å²) in [6.07, 6.45) is 3.65. The average molecular weight is 203 g/mol. The number of nitrogens with one attached hydrogen (secondary N) is 1. The highest BCUT2D eigenvalue weighted by Gasteiger charge is 2.22. The minimum absolute atomic E-state index is 0.0249. The Bertz CT molecular complexity index is 563. The van der Waals surface area contributed by atoms with Gasteiger partial charge >= 0.3 is 0 Å². The zero-order chi connectivity index (χ0) is 10.4. The molecule has 0 spiro atoms. The first kappa shape index (κ1) is 8.71. The highest BCUT2D eigenvalue weighted by molar-refractivity contribution is 5.40. The lowest BCUT2D eigenvalue weighted by molar-refractivity contribution is 0.401. The van der Waals surface area contributed by atoms with Crippen molar-refractivity contribution in [1.29, 1.82) is 0 Å². The second-order valence-electron chi connectivity index (χ2n) is 4.30. The molecule has 2 aromatic rings. The molecule has 78 valence electrons. The molecule has 0 bridgehead atoms. The number of aryl methyl sites for hydroxylation is 1. The minimum atomic E-state index is -0.0249. The molecule has 4 nitrogen and oxygen atoms in total. The first-order valence-corrected chi connectivity index (χ1v) is 5.33. The van der Waals surface area contributed by atoms with Crippen molar-refractivity contribution >= 4 is 5.65 Å². The first-order chi connectivity index (χ1) is 7.24. The Balaban J connectivity index is 2.20. The van der Waals surface area contributed by atoms with Crippen molar-refractivity contribution in [3.63, 3.8) is 0 Å². The molecule has 1 N–H and O–H groups in total. The van der Waals surface area contributed by atoms with E-state index in [-0.39, 0.29) is 5.56 Å². The molecule has 4 heteroatoms. The van der Waals surface area contributed by atoms with Crippen LogP contribution in [0.25, 0.3) is 5.65 Å². The van der Waals surface area contributed by atoms with Gasteiger partial charge in [-0.3, -0.25) is 9.89 Å². The predicted molar refractivity (Wildman–Crippen MR) is 57.1 cm³/mol. The van der Waals surface area contributed by atoms with Gasteiger partial charge in [0.2, 0.25) is 0 Å². The third-order valence-corrected chi connectivity index (χ3v) is 3.11. The lowest BCUT2D eigenvalue weighted by Gasteiger charge is -2.22. The Morgan fingerprint density at radius 3 is 2.93 bits per heavy atom. The molecule has 1 fully saturated rings. The van der Waals surface area contributed by atoms with Crippen molar-refractivity contribution in [2.75, 3.05) is 0 Å². The van der Waals surface area contributed by atoms with Crippen LogP contribution in [0.4, 0.5) is 0 Å². The molecule has 0 atom stereocenters. The molecule has 15 heavy (non-hydrogen) atoms. The van der Waals surface area contributed by atoms with E-state index in [2.05, 4.69) is 10.1 Å². The van der Waals surface area contributed by atoms with Crippen LogP contribution in [0.5, 0.6) is 0 Å². The summed E-state index contributed by atoms with van der Waals surface area (Å²) in [5.74, 6) is 1.49. The third kappa shape index (κ3) is 1.28. The zero-order valence-electron chi connectivity index (χ0n) is 8.66. The topological polar surface area (TPSA) is 50.2 Å². The van der Waals surface area contributed by atoms with Crippen molar-refractivity contribution in [1.82, 2.24) is 14.6 Å². The van der Waals surface area contributed by atoms with Crippen LogP contribution in [0.1, 0.15) is 36.6 Å². The van der Waals surface area contributed by atoms with Gasteiger partial charge in [-0.1, -0.05) is 6.42 Å². The molecule has 3 rings (SSSR count). The van der Waals surface area contributed by atoms with Gasteiger partial charge in [-0.2, -0.15) is 0 Å². The number of aromatic nitrogens is 3. The van der Waals surface area contributed by atoms with Crippen LogP contribution in [0, 0.1) is 6.92 Å². The number of nitrogens with zero attached hydrogens (tertiary/aromatic N) is 2. The standard InChI is InChI=1S/C11H13N3O/c1-7-5-9-12-11(8-3-2-4-8)13-14(9)10(15)6-7/h5-6,8H,2-4H2,1H3,(H,12,13). The summed E-state index contributed by atoms with van der Waals surface area (Å²) in [6.45, 7) is 1.92. The van der Waals surface area contributed by atoms with E-state index in [1.54, 1.807) is 6.07 Å². The minimum Gasteiger partial charge on any atom is -0.276 e. The van der Waals surface area contributed by atoms with Crippen molar-refractivity contribution in [2.45, 2.75) is 32.1 Å². The van der Waals surface area contributed by atoms with Crippen LogP contribution in [-0.2, 0) is 0 Å². The third-order valence-electron chi connectivity index (χ3n) is 3.11. The van der Waals surface area contributed by atoms with E-state index in [9.17, 15) is 4.79 Å². The molecule has 0 aliphatic heterocycles. The molecular weight excluding hydrogens is 190 g/mol. The normalized spacial score (nSPS) is 16.9. The van der Waals surface area contributed by atoms with Crippen molar-refractivity contribution in [2.24, 2.45) is 0 Å². The lowest BCUT2D eigenvalue weighted by atomic mass is 9.85. The van der Waals surface area contributed by atoms with Crippen LogP contribution in [0.15, 0.2) is 16.9 Å². The number of pyridine rings is 1. The first-order valence-electron chi connectivity index (χ1n) is 5.33. The molecule has 0 saturated heterocycles. The monoisotopic (exact) mass is 203 g/mol. The highest BCUT2D eigenvalue weighted by Crippen LogP contribution is 2.34. The molecule has 1 aliphatic rings. The summed E-state index contributed by atoms with van der Waals surface area (Å²) in [4.78, 5) is 16.1. The van der Waals surface area contributed by atoms with Gasteiger partial charge in [0.25, 0.3) is 5.56 Å². The molecule has 2 aromatic heterocycles. The molecule has 1 saturated carbocycles. The van der Waals surface area contributed by atoms with Gasteiger partial charge in [-0.15, -0.1) is 0 Å². The van der Waals surface area contributed by atoms with Gasteiger partial charge in [0.15, 0.2) is 5.65 Å². The molecule has 0 radical (unpaired) electrons. The Morgan fingerprint density at radius 2 is 2.27 bits per heavy atom. The fraction of sp³-hybridized carbons (Fsp3) is 0.455. The second kappa shape index (κ2) is 2.95. The van der Waals surface area contributed by atoms with E-state index in [0.717, 1.165) is 17.0 Å². The van der Waals surface area contributed by atoms with E-state index >= 15 is 0 Å². The summed E-state index contributed by atoms with van der Waals surface area (Å²) >= 11 is 0. The van der Waals surface area contributed by atoms with Gasteiger partial charge in [0, 0.05) is 12.0 Å². The number of H-pyrrole nitrogens is 1. The summed E-state index contributed by atoms with van der Waals surface area (Å²) in [5.41, 5.74) is 1.68. The predicted octanol–water partition coefficient (Wildman–Crippen LogP) is 1.60. The Morgan fingerprint density at radius 1 is 1.47 bits per heavy atom. The SMILES string of the molecule is Cc1cc(=O)n2[nH]c(C3CCC3)nc2c1. The number of fused-ring (bicyclic) bond motifs is 1. The van der Waals surface area contributed by atoms with E-state index in [1.165, 1.54) is 23.8 Å². The zero-order valence-corrected chi connectivity index (χ0v) is 8.66. The van der Waals surface area contributed by atoms with Crippen LogP contribution in [-0.4, -0.2) is 14.6 Å². The molecule has 0 aromatic carbocycles. The Kier molecular flexibility index (Phi) is 1.71. The molecular formula is C11H13N3O. The molecule has 1 aliphatic carbocycles. The van der Waals surface area contributed by atoms with Crippen LogP contribution in [0.2, 0.25) is 0 Å². The van der Waals surface area contributed by atoms with Gasteiger partial charge in [-0.05, 0) is 31.4 Å². The number of rotatable bonds is 1. The van der Waals surface area contributed by atoms with Gasteiger partial charge in [-0.25, -0.2) is 9.50 Å². The van der Waals surface area contributed by atoms with Crippen LogP contribution in [0.3, 0.4) is 0 Å². The van der Waals surface area contributed by atoms with Crippen LogP contribution >= 0.6 is 0 Å². The summed E-state index contributed by atoms with van der Waals surface area (Å²) < 4.78 is 1.53. The maximum Gasteiger partial charge on any atom is 0.271 e. The van der Waals surface area contributed by atoms with Crippen molar-refractivity contribution in [3.8, 4) is 0 Å². The average Bonchev–Trinajstić information content (AvgIpc) is 2.44. The van der Waals surface area contributed by atoms with E-state index in [1.807, 2.05) is 13.0 Å². The number of aromatic amines is 1.